The summed E-state index contributed by atoms with van der Waals surface area (Å²) in [6.45, 7) is 4.49. The summed E-state index contributed by atoms with van der Waals surface area (Å²) in [5.41, 5.74) is 7.44. The van der Waals surface area contributed by atoms with Gasteiger partial charge in [-0.25, -0.2) is 4.79 Å². The zero-order valence-electron chi connectivity index (χ0n) is 11.0. The van der Waals surface area contributed by atoms with Crippen molar-refractivity contribution in [3.05, 3.63) is 58.3 Å². The molecule has 4 nitrogen and oxygen atoms in total. The molecule has 0 atom stereocenters. The first kappa shape index (κ1) is 13.5. The lowest BCUT2D eigenvalue weighted by Gasteiger charge is -2.06. The Morgan fingerprint density at radius 1 is 1.37 bits per heavy atom. The van der Waals surface area contributed by atoms with Crippen LogP contribution in [0, 0.1) is 0 Å². The van der Waals surface area contributed by atoms with Gasteiger partial charge >= 0.3 is 5.69 Å². The number of aromatic nitrogens is 2. The topological polar surface area (TPSA) is 52.9 Å². The van der Waals surface area contributed by atoms with Gasteiger partial charge in [-0.1, -0.05) is 30.4 Å². The van der Waals surface area contributed by atoms with E-state index in [1.165, 1.54) is 0 Å². The standard InChI is InChI=1S/C14H17N3OS/c1-10(2)17-7-6-16(14(17)18)9-11-4-3-5-12(8-11)13(15)19/h3-8,10H,9H2,1-2H3,(H2,15,19). The molecular weight excluding hydrogens is 258 g/mol. The van der Waals surface area contributed by atoms with Crippen molar-refractivity contribution in [2.75, 3.05) is 0 Å². The van der Waals surface area contributed by atoms with E-state index in [9.17, 15) is 4.79 Å². The molecule has 0 bridgehead atoms. The molecule has 2 aromatic rings. The molecule has 2 rings (SSSR count). The van der Waals surface area contributed by atoms with Crippen molar-refractivity contribution in [1.29, 1.82) is 0 Å². The van der Waals surface area contributed by atoms with Crippen LogP contribution in [0.2, 0.25) is 0 Å². The summed E-state index contributed by atoms with van der Waals surface area (Å²) in [6, 6.07) is 7.81. The molecule has 0 fully saturated rings. The summed E-state index contributed by atoms with van der Waals surface area (Å²) in [5, 5.41) is 0. The average Bonchev–Trinajstić information content (AvgIpc) is 2.71. The van der Waals surface area contributed by atoms with Crippen LogP contribution in [0.5, 0.6) is 0 Å². The number of nitrogens with two attached hydrogens (primary N) is 1. The van der Waals surface area contributed by atoms with Crippen LogP contribution in [0.4, 0.5) is 0 Å². The summed E-state index contributed by atoms with van der Waals surface area (Å²) >= 11 is 4.96. The largest absolute Gasteiger partial charge is 0.389 e. The molecule has 0 aliphatic carbocycles. The van der Waals surface area contributed by atoms with Crippen molar-refractivity contribution in [3.8, 4) is 0 Å². The maximum atomic E-state index is 12.1. The second-order valence-corrected chi connectivity index (χ2v) is 5.21. The van der Waals surface area contributed by atoms with Crippen molar-refractivity contribution in [2.45, 2.75) is 26.4 Å². The van der Waals surface area contributed by atoms with Gasteiger partial charge in [-0.3, -0.25) is 9.13 Å². The number of rotatable bonds is 4. The van der Waals surface area contributed by atoms with E-state index in [1.807, 2.05) is 44.3 Å². The molecule has 1 aromatic carbocycles. The molecule has 0 spiro atoms. The number of hydrogen-bond acceptors (Lipinski definition) is 2. The van der Waals surface area contributed by atoms with Crippen LogP contribution < -0.4 is 11.4 Å². The van der Waals surface area contributed by atoms with Gasteiger partial charge in [-0.05, 0) is 25.5 Å². The van der Waals surface area contributed by atoms with Crippen LogP contribution in [0.3, 0.4) is 0 Å². The smallest absolute Gasteiger partial charge is 0.328 e. The monoisotopic (exact) mass is 275 g/mol. The van der Waals surface area contributed by atoms with Gasteiger partial charge in [0.05, 0.1) is 6.54 Å². The molecule has 2 N–H and O–H groups in total. The first-order valence-corrected chi connectivity index (χ1v) is 6.56. The first-order chi connectivity index (χ1) is 8.99. The summed E-state index contributed by atoms with van der Waals surface area (Å²) in [5.74, 6) is 0. The zero-order chi connectivity index (χ0) is 14.0. The average molecular weight is 275 g/mol. The van der Waals surface area contributed by atoms with E-state index in [0.29, 0.717) is 11.5 Å². The fraction of sp³-hybridized carbons (Fsp3) is 0.286. The lowest BCUT2D eigenvalue weighted by Crippen LogP contribution is -2.25. The van der Waals surface area contributed by atoms with Gasteiger partial charge in [-0.15, -0.1) is 0 Å². The Hall–Kier alpha value is -1.88. The SMILES string of the molecule is CC(C)n1ccn(Cc2cccc(C(N)=S)c2)c1=O. The maximum absolute atomic E-state index is 12.1. The van der Waals surface area contributed by atoms with E-state index < -0.39 is 0 Å². The summed E-state index contributed by atoms with van der Waals surface area (Å²) in [6.07, 6.45) is 3.61. The Labute approximate surface area is 117 Å². The molecule has 1 aromatic heterocycles. The molecule has 0 amide bonds. The summed E-state index contributed by atoms with van der Waals surface area (Å²) < 4.78 is 3.39. The first-order valence-electron chi connectivity index (χ1n) is 6.15. The van der Waals surface area contributed by atoms with E-state index >= 15 is 0 Å². The molecule has 100 valence electrons. The lowest BCUT2D eigenvalue weighted by atomic mass is 10.1. The van der Waals surface area contributed by atoms with Gasteiger partial charge in [0.1, 0.15) is 4.99 Å². The second kappa shape index (κ2) is 5.40. The molecule has 1 heterocycles. The van der Waals surface area contributed by atoms with E-state index in [2.05, 4.69) is 0 Å². The molecule has 0 radical (unpaired) electrons. The van der Waals surface area contributed by atoms with Crippen molar-refractivity contribution < 1.29 is 0 Å². The Balaban J connectivity index is 2.29. The van der Waals surface area contributed by atoms with Crippen LogP contribution >= 0.6 is 12.2 Å². The Morgan fingerprint density at radius 2 is 2.11 bits per heavy atom. The highest BCUT2D eigenvalue weighted by molar-refractivity contribution is 7.80. The molecule has 0 saturated heterocycles. The van der Waals surface area contributed by atoms with E-state index in [-0.39, 0.29) is 11.7 Å². The highest BCUT2D eigenvalue weighted by atomic mass is 32.1. The molecule has 19 heavy (non-hydrogen) atoms. The molecule has 5 heteroatoms. The lowest BCUT2D eigenvalue weighted by molar-refractivity contribution is 0.561. The third kappa shape index (κ3) is 2.93. The van der Waals surface area contributed by atoms with Gasteiger partial charge in [-0.2, -0.15) is 0 Å². The third-order valence-electron chi connectivity index (χ3n) is 2.99. The molecule has 0 aliphatic rings. The van der Waals surface area contributed by atoms with Gasteiger partial charge in [0, 0.05) is 24.0 Å². The Bertz CT molecular complexity index is 655. The Morgan fingerprint density at radius 3 is 2.68 bits per heavy atom. The summed E-state index contributed by atoms with van der Waals surface area (Å²) in [4.78, 5) is 12.5. The maximum Gasteiger partial charge on any atom is 0.328 e. The third-order valence-corrected chi connectivity index (χ3v) is 3.23. The van der Waals surface area contributed by atoms with E-state index in [4.69, 9.17) is 18.0 Å². The van der Waals surface area contributed by atoms with Gasteiger partial charge in [0.2, 0.25) is 0 Å². The van der Waals surface area contributed by atoms with Crippen molar-refractivity contribution in [2.24, 2.45) is 5.73 Å². The number of imidazole rings is 1. The zero-order valence-corrected chi connectivity index (χ0v) is 11.9. The molecular formula is C14H17N3OS. The molecule has 0 aliphatic heterocycles. The quantitative estimate of drug-likeness (QED) is 0.867. The van der Waals surface area contributed by atoms with Crippen LogP contribution in [-0.2, 0) is 6.54 Å². The normalized spacial score (nSPS) is 10.9. The highest BCUT2D eigenvalue weighted by Gasteiger charge is 2.07. The van der Waals surface area contributed by atoms with Crippen LogP contribution in [0.15, 0.2) is 41.5 Å². The Kier molecular flexibility index (Phi) is 3.85. The number of benzene rings is 1. The number of hydrogen-bond donors (Lipinski definition) is 1. The predicted octanol–water partition coefficient (Wildman–Crippen LogP) is 1.91. The minimum atomic E-state index is -0.00396. The fourth-order valence-corrected chi connectivity index (χ4v) is 2.09. The number of nitrogens with zero attached hydrogens (tertiary/aromatic N) is 2. The minimum absolute atomic E-state index is 0.00396. The van der Waals surface area contributed by atoms with E-state index in [1.54, 1.807) is 15.3 Å². The molecule has 0 saturated carbocycles. The van der Waals surface area contributed by atoms with Crippen molar-refractivity contribution in [3.63, 3.8) is 0 Å². The van der Waals surface area contributed by atoms with Crippen LogP contribution in [-0.4, -0.2) is 14.1 Å². The minimum Gasteiger partial charge on any atom is -0.389 e. The van der Waals surface area contributed by atoms with Crippen LogP contribution in [0.1, 0.15) is 31.0 Å². The van der Waals surface area contributed by atoms with Crippen LogP contribution in [0.25, 0.3) is 0 Å². The van der Waals surface area contributed by atoms with E-state index in [0.717, 1.165) is 11.1 Å². The van der Waals surface area contributed by atoms with Crippen molar-refractivity contribution in [1.82, 2.24) is 9.13 Å². The van der Waals surface area contributed by atoms with Gasteiger partial charge in [0.15, 0.2) is 0 Å². The second-order valence-electron chi connectivity index (χ2n) is 4.77. The highest BCUT2D eigenvalue weighted by Crippen LogP contribution is 2.07. The van der Waals surface area contributed by atoms with Gasteiger partial charge in [0.25, 0.3) is 0 Å². The number of thiocarbonyl (C=S) groups is 1. The van der Waals surface area contributed by atoms with Gasteiger partial charge < -0.3 is 5.73 Å². The molecule has 0 unspecified atom stereocenters. The van der Waals surface area contributed by atoms with Crippen molar-refractivity contribution >= 4 is 17.2 Å². The fourth-order valence-electron chi connectivity index (χ4n) is 1.96. The predicted molar refractivity (Wildman–Crippen MR) is 80.5 cm³/mol. The summed E-state index contributed by atoms with van der Waals surface area (Å²) in [7, 11) is 0.